The van der Waals surface area contributed by atoms with E-state index in [0.29, 0.717) is 19.3 Å². The van der Waals surface area contributed by atoms with Gasteiger partial charge >= 0.3 is 0 Å². The van der Waals surface area contributed by atoms with Crippen LogP contribution < -0.4 is 0 Å². The van der Waals surface area contributed by atoms with E-state index in [0.717, 1.165) is 12.1 Å². The van der Waals surface area contributed by atoms with Crippen LogP contribution in [0, 0.1) is 0 Å². The topological polar surface area (TPSA) is 21.7 Å². The summed E-state index contributed by atoms with van der Waals surface area (Å²) < 4.78 is 11.5. The summed E-state index contributed by atoms with van der Waals surface area (Å²) in [6.45, 7) is 1.38. The normalized spacial score (nSPS) is 29.8. The van der Waals surface area contributed by atoms with Crippen LogP contribution in [0.3, 0.4) is 0 Å². The van der Waals surface area contributed by atoms with Gasteiger partial charge in [-0.05, 0) is 43.9 Å². The van der Waals surface area contributed by atoms with Gasteiger partial charge in [0.1, 0.15) is 0 Å². The van der Waals surface area contributed by atoms with Gasteiger partial charge in [0.15, 0.2) is 0 Å². The van der Waals surface area contributed by atoms with E-state index in [9.17, 15) is 0 Å². The maximum absolute atomic E-state index is 6.20. The highest BCUT2D eigenvalue weighted by molar-refractivity contribution is 5.25. The first-order chi connectivity index (χ1) is 9.78. The van der Waals surface area contributed by atoms with Crippen molar-refractivity contribution in [3.8, 4) is 0 Å². The Morgan fingerprint density at radius 2 is 1.65 bits per heavy atom. The second-order valence-corrected chi connectivity index (χ2v) is 6.16. The lowest BCUT2D eigenvalue weighted by molar-refractivity contribution is -0.0216. The van der Waals surface area contributed by atoms with E-state index in [4.69, 9.17) is 9.47 Å². The minimum Gasteiger partial charge on any atom is -0.380 e. The first-order valence-corrected chi connectivity index (χ1v) is 7.67. The van der Waals surface area contributed by atoms with Crippen LogP contribution in [0.1, 0.15) is 36.8 Å². The number of methoxy groups -OCH3 is 1. The van der Waals surface area contributed by atoms with Crippen LogP contribution in [0.15, 0.2) is 24.3 Å². The van der Waals surface area contributed by atoms with Crippen LogP contribution in [-0.2, 0) is 22.7 Å². The van der Waals surface area contributed by atoms with Gasteiger partial charge in [-0.25, -0.2) is 0 Å². The molecule has 2 atom stereocenters. The maximum Gasteiger partial charge on any atom is 0.0724 e. The summed E-state index contributed by atoms with van der Waals surface area (Å²) in [7, 11) is 4.01. The molecule has 20 heavy (non-hydrogen) atoms. The van der Waals surface area contributed by atoms with Crippen molar-refractivity contribution in [1.82, 2.24) is 4.90 Å². The molecule has 2 heterocycles. The molecular formula is C17H25NO2. The van der Waals surface area contributed by atoms with Crippen molar-refractivity contribution in [2.75, 3.05) is 14.2 Å². The molecule has 0 radical (unpaired) electrons. The Morgan fingerprint density at radius 1 is 1.05 bits per heavy atom. The lowest BCUT2D eigenvalue weighted by Gasteiger charge is -2.36. The summed E-state index contributed by atoms with van der Waals surface area (Å²) in [4.78, 5) is 2.55. The Hall–Kier alpha value is -0.900. The average molecular weight is 275 g/mol. The number of ether oxygens (including phenoxy) is 2. The van der Waals surface area contributed by atoms with Crippen molar-refractivity contribution >= 4 is 0 Å². The molecule has 3 heteroatoms. The molecular weight excluding hydrogens is 250 g/mol. The number of rotatable bonds is 5. The van der Waals surface area contributed by atoms with Crippen LogP contribution >= 0.6 is 0 Å². The second-order valence-electron chi connectivity index (χ2n) is 6.16. The average Bonchev–Trinajstić information content (AvgIpc) is 2.69. The van der Waals surface area contributed by atoms with Gasteiger partial charge in [0.05, 0.1) is 19.3 Å². The molecule has 0 aromatic heterocycles. The zero-order valence-corrected chi connectivity index (χ0v) is 12.5. The number of hydrogen-bond donors (Lipinski definition) is 0. The summed E-state index contributed by atoms with van der Waals surface area (Å²) in [5.41, 5.74) is 2.51. The second kappa shape index (κ2) is 6.25. The van der Waals surface area contributed by atoms with E-state index in [-0.39, 0.29) is 0 Å². The molecule has 110 valence electrons. The van der Waals surface area contributed by atoms with Gasteiger partial charge in [0, 0.05) is 19.2 Å². The van der Waals surface area contributed by atoms with Crippen LogP contribution in [0.25, 0.3) is 0 Å². The lowest BCUT2D eigenvalue weighted by Crippen LogP contribution is -2.42. The van der Waals surface area contributed by atoms with E-state index in [1.807, 2.05) is 0 Å². The number of nitrogens with zero attached hydrogens (tertiary/aromatic N) is 1. The molecule has 2 fully saturated rings. The summed E-state index contributed by atoms with van der Waals surface area (Å²) >= 11 is 0. The Labute approximate surface area is 121 Å². The van der Waals surface area contributed by atoms with Gasteiger partial charge in [-0.2, -0.15) is 0 Å². The molecule has 2 unspecified atom stereocenters. The summed E-state index contributed by atoms with van der Waals surface area (Å²) in [6, 6.07) is 9.91. The van der Waals surface area contributed by atoms with Crippen LogP contribution in [-0.4, -0.2) is 37.2 Å². The molecule has 0 N–H and O–H groups in total. The quantitative estimate of drug-likeness (QED) is 0.824. The molecule has 2 bridgehead atoms. The Kier molecular flexibility index (Phi) is 4.39. The van der Waals surface area contributed by atoms with Gasteiger partial charge in [-0.3, -0.25) is 0 Å². The maximum atomic E-state index is 6.20. The molecule has 2 aliphatic rings. The number of fused-ring (bicyclic) bond motifs is 2. The number of hydrogen-bond acceptors (Lipinski definition) is 3. The van der Waals surface area contributed by atoms with E-state index < -0.39 is 0 Å². The summed E-state index contributed by atoms with van der Waals surface area (Å²) in [5, 5.41) is 0. The van der Waals surface area contributed by atoms with Gasteiger partial charge in [-0.1, -0.05) is 24.3 Å². The van der Waals surface area contributed by atoms with Crippen molar-refractivity contribution in [2.24, 2.45) is 0 Å². The molecule has 3 rings (SSSR count). The molecule has 0 amide bonds. The molecule has 2 saturated heterocycles. The van der Waals surface area contributed by atoms with Gasteiger partial charge in [0.25, 0.3) is 0 Å². The summed E-state index contributed by atoms with van der Waals surface area (Å²) in [5.74, 6) is 0. The minimum absolute atomic E-state index is 0.430. The third kappa shape index (κ3) is 2.90. The fourth-order valence-corrected chi connectivity index (χ4v) is 3.70. The highest BCUT2D eigenvalue weighted by atomic mass is 16.5. The minimum atomic E-state index is 0.430. The summed E-state index contributed by atoms with van der Waals surface area (Å²) in [6.07, 6.45) is 5.51. The Balaban J connectivity index is 1.58. The van der Waals surface area contributed by atoms with Crippen molar-refractivity contribution < 1.29 is 9.47 Å². The smallest absolute Gasteiger partial charge is 0.0724 e. The fourth-order valence-electron chi connectivity index (χ4n) is 3.70. The van der Waals surface area contributed by atoms with Crippen molar-refractivity contribution in [2.45, 2.75) is 57.1 Å². The molecule has 1 aromatic rings. The van der Waals surface area contributed by atoms with Crippen LogP contribution in [0.2, 0.25) is 0 Å². The van der Waals surface area contributed by atoms with Gasteiger partial charge in [-0.15, -0.1) is 0 Å². The van der Waals surface area contributed by atoms with E-state index in [1.54, 1.807) is 7.11 Å². The van der Waals surface area contributed by atoms with Gasteiger partial charge < -0.3 is 14.4 Å². The monoisotopic (exact) mass is 275 g/mol. The predicted molar refractivity (Wildman–Crippen MR) is 79.5 cm³/mol. The van der Waals surface area contributed by atoms with E-state index in [1.165, 1.54) is 36.8 Å². The fraction of sp³-hybridized carbons (Fsp3) is 0.647. The van der Waals surface area contributed by atoms with Crippen LogP contribution in [0.4, 0.5) is 0 Å². The molecule has 0 aliphatic carbocycles. The first-order valence-electron chi connectivity index (χ1n) is 7.67. The molecule has 0 saturated carbocycles. The SMILES string of the molecule is COCc1ccccc1COC1CC2CCC(C1)N2C. The van der Waals surface area contributed by atoms with E-state index >= 15 is 0 Å². The third-order valence-corrected chi connectivity index (χ3v) is 4.95. The molecule has 1 aromatic carbocycles. The van der Waals surface area contributed by atoms with Gasteiger partial charge in [0.2, 0.25) is 0 Å². The van der Waals surface area contributed by atoms with Crippen molar-refractivity contribution in [3.63, 3.8) is 0 Å². The zero-order chi connectivity index (χ0) is 13.9. The van der Waals surface area contributed by atoms with Crippen molar-refractivity contribution in [1.29, 1.82) is 0 Å². The Morgan fingerprint density at radius 3 is 2.25 bits per heavy atom. The number of benzene rings is 1. The number of piperidine rings is 1. The van der Waals surface area contributed by atoms with Crippen molar-refractivity contribution in [3.05, 3.63) is 35.4 Å². The molecule has 3 nitrogen and oxygen atoms in total. The first kappa shape index (κ1) is 14.1. The largest absolute Gasteiger partial charge is 0.380 e. The highest BCUT2D eigenvalue weighted by Crippen LogP contribution is 2.35. The molecule has 2 aliphatic heterocycles. The Bertz CT molecular complexity index is 434. The third-order valence-electron chi connectivity index (χ3n) is 4.95. The predicted octanol–water partition coefficient (Wildman–Crippen LogP) is 2.97. The highest BCUT2D eigenvalue weighted by Gasteiger charge is 2.38. The van der Waals surface area contributed by atoms with Crippen LogP contribution in [0.5, 0.6) is 0 Å². The molecule has 0 spiro atoms. The lowest BCUT2D eigenvalue weighted by atomic mass is 10.0. The standard InChI is InChI=1S/C17H25NO2/c1-18-15-7-8-16(18)10-17(9-15)20-12-14-6-4-3-5-13(14)11-19-2/h3-6,15-17H,7-12H2,1-2H3. The zero-order valence-electron chi connectivity index (χ0n) is 12.5. The van der Waals surface area contributed by atoms with E-state index in [2.05, 4.69) is 36.2 Å².